The Labute approximate surface area is 131 Å². The molecule has 23 heavy (non-hydrogen) atoms. The molecule has 2 aromatic carbocycles. The van der Waals surface area contributed by atoms with Gasteiger partial charge >= 0.3 is 5.63 Å². The molecule has 3 rings (SSSR count). The first-order chi connectivity index (χ1) is 11.0. The van der Waals surface area contributed by atoms with Gasteiger partial charge in [0.05, 0.1) is 0 Å². The molecule has 116 valence electrons. The lowest BCUT2D eigenvalue weighted by atomic mass is 10.1. The molecule has 0 N–H and O–H groups in total. The van der Waals surface area contributed by atoms with Crippen molar-refractivity contribution in [3.8, 4) is 5.75 Å². The number of carbonyl (C=O) groups is 1. The van der Waals surface area contributed by atoms with Gasteiger partial charge in [-0.2, -0.15) is 0 Å². The minimum absolute atomic E-state index is 0.264. The number of ketones is 1. The molecule has 0 radical (unpaired) electrons. The van der Waals surface area contributed by atoms with E-state index >= 15 is 0 Å². The number of hydrogen-bond acceptors (Lipinski definition) is 4. The van der Waals surface area contributed by atoms with Crippen LogP contribution < -0.4 is 10.4 Å². The third-order valence-electron chi connectivity index (χ3n) is 3.41. The number of carbonyl (C=O) groups excluding carboxylic acids is 1. The number of benzene rings is 2. The van der Waals surface area contributed by atoms with Crippen LogP contribution >= 0.6 is 0 Å². The molecule has 0 amide bonds. The predicted octanol–water partition coefficient (Wildman–Crippen LogP) is 3.58. The quantitative estimate of drug-likeness (QED) is 0.546. The van der Waals surface area contributed by atoms with Gasteiger partial charge in [0.1, 0.15) is 17.1 Å². The first-order valence-corrected chi connectivity index (χ1v) is 7.03. The van der Waals surface area contributed by atoms with Crippen LogP contribution in [0.15, 0.2) is 63.8 Å². The fourth-order valence-electron chi connectivity index (χ4n) is 2.22. The molecule has 0 bridgehead atoms. The van der Waals surface area contributed by atoms with Gasteiger partial charge in [-0.25, -0.2) is 9.18 Å². The molecule has 1 aromatic heterocycles. The van der Waals surface area contributed by atoms with Crippen molar-refractivity contribution in [3.05, 3.63) is 76.4 Å². The summed E-state index contributed by atoms with van der Waals surface area (Å²) in [4.78, 5) is 23.5. The lowest BCUT2D eigenvalue weighted by molar-refractivity contribution is 0.0818. The van der Waals surface area contributed by atoms with Crippen molar-refractivity contribution >= 4 is 16.8 Å². The highest BCUT2D eigenvalue weighted by atomic mass is 19.1. The zero-order valence-corrected chi connectivity index (χ0v) is 12.3. The van der Waals surface area contributed by atoms with Gasteiger partial charge in [0.15, 0.2) is 6.10 Å². The Morgan fingerprint density at radius 2 is 1.78 bits per heavy atom. The summed E-state index contributed by atoms with van der Waals surface area (Å²) in [5.41, 5.74) is 0.299. The highest BCUT2D eigenvalue weighted by Crippen LogP contribution is 2.21. The van der Waals surface area contributed by atoms with Crippen LogP contribution in [-0.2, 0) is 0 Å². The topological polar surface area (TPSA) is 56.5 Å². The average molecular weight is 312 g/mol. The molecular weight excluding hydrogens is 299 g/mol. The molecule has 0 spiro atoms. The second-order valence-corrected chi connectivity index (χ2v) is 5.09. The highest BCUT2D eigenvalue weighted by Gasteiger charge is 2.17. The van der Waals surface area contributed by atoms with Crippen LogP contribution in [0.1, 0.15) is 17.3 Å². The summed E-state index contributed by atoms with van der Waals surface area (Å²) >= 11 is 0. The molecule has 1 atom stereocenters. The van der Waals surface area contributed by atoms with E-state index in [1.165, 1.54) is 30.3 Å². The third kappa shape index (κ3) is 3.29. The Bertz CT molecular complexity index is 912. The molecule has 0 aliphatic heterocycles. The Hall–Kier alpha value is -2.95. The zero-order valence-electron chi connectivity index (χ0n) is 12.3. The van der Waals surface area contributed by atoms with E-state index in [1.54, 1.807) is 31.2 Å². The summed E-state index contributed by atoms with van der Waals surface area (Å²) in [7, 11) is 0. The monoisotopic (exact) mass is 312 g/mol. The van der Waals surface area contributed by atoms with Crippen LogP contribution in [0.2, 0.25) is 0 Å². The molecule has 0 saturated carbocycles. The first kappa shape index (κ1) is 15.0. The molecule has 0 unspecified atom stereocenters. The van der Waals surface area contributed by atoms with Crippen LogP contribution in [0.4, 0.5) is 4.39 Å². The largest absolute Gasteiger partial charge is 0.482 e. The molecule has 1 heterocycles. The normalized spacial score (nSPS) is 12.1. The Morgan fingerprint density at radius 3 is 2.52 bits per heavy atom. The maximum absolute atomic E-state index is 12.9. The summed E-state index contributed by atoms with van der Waals surface area (Å²) < 4.78 is 23.6. The van der Waals surface area contributed by atoms with E-state index in [2.05, 4.69) is 0 Å². The second-order valence-electron chi connectivity index (χ2n) is 5.09. The smallest absolute Gasteiger partial charge is 0.336 e. The molecule has 0 aliphatic rings. The lowest BCUT2D eigenvalue weighted by Gasteiger charge is -2.14. The Kier molecular flexibility index (Phi) is 3.93. The minimum atomic E-state index is -0.756. The summed E-state index contributed by atoms with van der Waals surface area (Å²) in [6.45, 7) is 1.61. The van der Waals surface area contributed by atoms with Crippen LogP contribution in [0.25, 0.3) is 11.0 Å². The van der Waals surface area contributed by atoms with Crippen molar-refractivity contribution in [3.63, 3.8) is 0 Å². The first-order valence-electron chi connectivity index (χ1n) is 7.03. The SMILES string of the molecule is C[C@H](Oc1ccc2ccc(=O)oc2c1)C(=O)c1ccc(F)cc1. The van der Waals surface area contributed by atoms with E-state index in [9.17, 15) is 14.0 Å². The van der Waals surface area contributed by atoms with Crippen LogP contribution in [0.5, 0.6) is 5.75 Å². The molecule has 0 aliphatic carbocycles. The van der Waals surface area contributed by atoms with Crippen LogP contribution in [-0.4, -0.2) is 11.9 Å². The van der Waals surface area contributed by atoms with Crippen molar-refractivity contribution < 1.29 is 18.3 Å². The average Bonchev–Trinajstić information content (AvgIpc) is 2.54. The summed E-state index contributed by atoms with van der Waals surface area (Å²) in [6.07, 6.45) is -0.756. The number of hydrogen-bond donors (Lipinski definition) is 0. The summed E-state index contributed by atoms with van der Waals surface area (Å²) in [5, 5.41) is 0.759. The number of rotatable bonds is 4. The third-order valence-corrected chi connectivity index (χ3v) is 3.41. The number of fused-ring (bicyclic) bond motifs is 1. The van der Waals surface area contributed by atoms with E-state index in [0.717, 1.165) is 5.39 Å². The van der Waals surface area contributed by atoms with Crippen molar-refractivity contribution in [2.75, 3.05) is 0 Å². The number of ether oxygens (including phenoxy) is 1. The van der Waals surface area contributed by atoms with Gasteiger partial charge < -0.3 is 9.15 Å². The predicted molar refractivity (Wildman–Crippen MR) is 83.3 cm³/mol. The molecule has 0 saturated heterocycles. The van der Waals surface area contributed by atoms with E-state index in [1.807, 2.05) is 0 Å². The fraction of sp³-hybridized carbons (Fsp3) is 0.111. The Balaban J connectivity index is 1.81. The van der Waals surface area contributed by atoms with Gasteiger partial charge in [0.25, 0.3) is 0 Å². The van der Waals surface area contributed by atoms with Gasteiger partial charge in [-0.1, -0.05) is 0 Å². The van der Waals surface area contributed by atoms with E-state index < -0.39 is 17.5 Å². The zero-order chi connectivity index (χ0) is 16.4. The maximum Gasteiger partial charge on any atom is 0.336 e. The summed E-state index contributed by atoms with van der Waals surface area (Å²) in [6, 6.07) is 13.3. The van der Waals surface area contributed by atoms with E-state index in [0.29, 0.717) is 16.9 Å². The van der Waals surface area contributed by atoms with Crippen molar-refractivity contribution in [2.24, 2.45) is 0 Å². The fourth-order valence-corrected chi connectivity index (χ4v) is 2.22. The molecule has 4 nitrogen and oxygen atoms in total. The molecular formula is C18H13FO4. The second kappa shape index (κ2) is 6.04. The van der Waals surface area contributed by atoms with Crippen molar-refractivity contribution in [2.45, 2.75) is 13.0 Å². The van der Waals surface area contributed by atoms with Crippen molar-refractivity contribution in [1.82, 2.24) is 0 Å². The van der Waals surface area contributed by atoms with Crippen LogP contribution in [0.3, 0.4) is 0 Å². The highest BCUT2D eigenvalue weighted by molar-refractivity contribution is 5.99. The van der Waals surface area contributed by atoms with E-state index in [4.69, 9.17) is 9.15 Å². The van der Waals surface area contributed by atoms with Gasteiger partial charge in [-0.15, -0.1) is 0 Å². The van der Waals surface area contributed by atoms with E-state index in [-0.39, 0.29) is 5.78 Å². The molecule has 0 fully saturated rings. The standard InChI is InChI=1S/C18H13FO4/c1-11(18(21)13-2-6-14(19)7-3-13)22-15-8-4-12-5-9-17(20)23-16(12)10-15/h2-11H,1H3/t11-/m0/s1. The van der Waals surface area contributed by atoms with Gasteiger partial charge in [0.2, 0.25) is 5.78 Å². The van der Waals surface area contributed by atoms with Gasteiger partial charge in [-0.3, -0.25) is 4.79 Å². The maximum atomic E-state index is 12.9. The van der Waals surface area contributed by atoms with Gasteiger partial charge in [-0.05, 0) is 49.4 Å². The molecule has 5 heteroatoms. The van der Waals surface area contributed by atoms with Crippen molar-refractivity contribution in [1.29, 1.82) is 0 Å². The number of Topliss-reactive ketones (excluding diaryl/α,β-unsaturated/α-hetero) is 1. The van der Waals surface area contributed by atoms with Crippen LogP contribution in [0, 0.1) is 5.82 Å². The number of halogens is 1. The minimum Gasteiger partial charge on any atom is -0.482 e. The summed E-state index contributed by atoms with van der Waals surface area (Å²) in [5.74, 6) is -0.255. The molecule has 3 aromatic rings. The van der Waals surface area contributed by atoms with Gasteiger partial charge in [0, 0.05) is 23.1 Å². The lowest BCUT2D eigenvalue weighted by Crippen LogP contribution is -2.23. The Morgan fingerprint density at radius 1 is 1.09 bits per heavy atom.